The minimum absolute atomic E-state index is 0.179. The van der Waals surface area contributed by atoms with Crippen molar-refractivity contribution in [1.29, 1.82) is 0 Å². The Kier molecular flexibility index (Phi) is 3.34. The highest BCUT2D eigenvalue weighted by molar-refractivity contribution is 6.30. The van der Waals surface area contributed by atoms with Gasteiger partial charge in [-0.3, -0.25) is 0 Å². The SMILES string of the molecule is Cc1cc(C(=O)O)ccc1-c1cc(Cl)ccc1F. The second-order valence-corrected chi connectivity index (χ2v) is 4.40. The van der Waals surface area contributed by atoms with Crippen molar-refractivity contribution in [1.82, 2.24) is 0 Å². The molecule has 2 rings (SSSR count). The zero-order valence-corrected chi connectivity index (χ0v) is 10.3. The van der Waals surface area contributed by atoms with Crippen molar-refractivity contribution in [3.63, 3.8) is 0 Å². The van der Waals surface area contributed by atoms with Crippen molar-refractivity contribution in [3.8, 4) is 11.1 Å². The second kappa shape index (κ2) is 4.78. The molecule has 0 aliphatic rings. The molecule has 0 unspecified atom stereocenters. The Hall–Kier alpha value is -1.87. The van der Waals surface area contributed by atoms with E-state index in [9.17, 15) is 9.18 Å². The molecule has 0 aromatic heterocycles. The summed E-state index contributed by atoms with van der Waals surface area (Å²) in [5.41, 5.74) is 1.88. The summed E-state index contributed by atoms with van der Waals surface area (Å²) in [5, 5.41) is 9.31. The first-order valence-corrected chi connectivity index (χ1v) is 5.66. The number of rotatable bonds is 2. The molecule has 92 valence electrons. The lowest BCUT2D eigenvalue weighted by molar-refractivity contribution is 0.0697. The number of aromatic carboxylic acids is 1. The van der Waals surface area contributed by atoms with E-state index in [1.165, 1.54) is 30.3 Å². The Morgan fingerprint density at radius 1 is 1.17 bits per heavy atom. The zero-order valence-electron chi connectivity index (χ0n) is 9.58. The molecule has 0 saturated heterocycles. The van der Waals surface area contributed by atoms with E-state index in [-0.39, 0.29) is 11.4 Å². The van der Waals surface area contributed by atoms with E-state index < -0.39 is 5.97 Å². The summed E-state index contributed by atoms with van der Waals surface area (Å²) in [4.78, 5) is 10.8. The summed E-state index contributed by atoms with van der Waals surface area (Å²) in [5.74, 6) is -1.39. The highest BCUT2D eigenvalue weighted by Crippen LogP contribution is 2.29. The number of carbonyl (C=O) groups is 1. The van der Waals surface area contributed by atoms with Crippen molar-refractivity contribution >= 4 is 17.6 Å². The maximum Gasteiger partial charge on any atom is 0.335 e. The van der Waals surface area contributed by atoms with E-state index >= 15 is 0 Å². The highest BCUT2D eigenvalue weighted by Gasteiger charge is 2.11. The van der Waals surface area contributed by atoms with Crippen LogP contribution in [0.5, 0.6) is 0 Å². The summed E-state index contributed by atoms with van der Waals surface area (Å²) in [6.45, 7) is 1.74. The second-order valence-electron chi connectivity index (χ2n) is 3.96. The summed E-state index contributed by atoms with van der Waals surface area (Å²) >= 11 is 5.84. The molecule has 0 spiro atoms. The van der Waals surface area contributed by atoms with E-state index in [4.69, 9.17) is 16.7 Å². The van der Waals surface area contributed by atoms with E-state index in [0.29, 0.717) is 21.7 Å². The number of halogens is 2. The van der Waals surface area contributed by atoms with Crippen LogP contribution in [0.3, 0.4) is 0 Å². The summed E-state index contributed by atoms with van der Waals surface area (Å²) < 4.78 is 13.7. The van der Waals surface area contributed by atoms with Gasteiger partial charge in [-0.1, -0.05) is 17.7 Å². The average molecular weight is 265 g/mol. The van der Waals surface area contributed by atoms with Crippen molar-refractivity contribution in [2.75, 3.05) is 0 Å². The van der Waals surface area contributed by atoms with Crippen LogP contribution in [-0.2, 0) is 0 Å². The molecular weight excluding hydrogens is 255 g/mol. The molecule has 0 saturated carbocycles. The number of hydrogen-bond donors (Lipinski definition) is 1. The predicted octanol–water partition coefficient (Wildman–Crippen LogP) is 4.15. The minimum atomic E-state index is -1.00. The molecule has 0 amide bonds. The van der Waals surface area contributed by atoms with Crippen molar-refractivity contribution in [2.45, 2.75) is 6.92 Å². The maximum absolute atomic E-state index is 13.7. The van der Waals surface area contributed by atoms with Gasteiger partial charge in [0.1, 0.15) is 5.82 Å². The molecule has 1 N–H and O–H groups in total. The van der Waals surface area contributed by atoms with Crippen LogP contribution in [0.25, 0.3) is 11.1 Å². The molecule has 0 aliphatic carbocycles. The van der Waals surface area contributed by atoms with Gasteiger partial charge in [0.25, 0.3) is 0 Å². The van der Waals surface area contributed by atoms with Gasteiger partial charge in [-0.15, -0.1) is 0 Å². The van der Waals surface area contributed by atoms with Gasteiger partial charge in [0.05, 0.1) is 5.56 Å². The summed E-state index contributed by atoms with van der Waals surface area (Å²) in [7, 11) is 0. The van der Waals surface area contributed by atoms with E-state index in [0.717, 1.165) is 0 Å². The molecule has 0 bridgehead atoms. The molecule has 18 heavy (non-hydrogen) atoms. The number of carboxylic acid groups (broad SMARTS) is 1. The number of aryl methyl sites for hydroxylation is 1. The number of carboxylic acids is 1. The van der Waals surface area contributed by atoms with Crippen molar-refractivity contribution < 1.29 is 14.3 Å². The van der Waals surface area contributed by atoms with Crippen LogP contribution < -0.4 is 0 Å². The van der Waals surface area contributed by atoms with Gasteiger partial charge in [0, 0.05) is 10.6 Å². The fraction of sp³-hybridized carbons (Fsp3) is 0.0714. The van der Waals surface area contributed by atoms with Gasteiger partial charge >= 0.3 is 5.97 Å². The molecule has 2 aromatic rings. The largest absolute Gasteiger partial charge is 0.478 e. The Morgan fingerprint density at radius 3 is 2.50 bits per heavy atom. The number of hydrogen-bond acceptors (Lipinski definition) is 1. The Labute approximate surface area is 109 Å². The third-order valence-electron chi connectivity index (χ3n) is 2.69. The Morgan fingerprint density at radius 2 is 1.89 bits per heavy atom. The van der Waals surface area contributed by atoms with Crippen LogP contribution in [0.4, 0.5) is 4.39 Å². The van der Waals surface area contributed by atoms with E-state index in [1.54, 1.807) is 13.0 Å². The van der Waals surface area contributed by atoms with Crippen LogP contribution in [0.1, 0.15) is 15.9 Å². The smallest absolute Gasteiger partial charge is 0.335 e. The molecule has 0 aliphatic heterocycles. The molecule has 2 aromatic carbocycles. The van der Waals surface area contributed by atoms with E-state index in [1.807, 2.05) is 0 Å². The Bertz CT molecular complexity index is 623. The standard InChI is InChI=1S/C14H10ClFO2/c1-8-6-9(14(17)18)2-4-11(8)12-7-10(15)3-5-13(12)16/h2-7H,1H3,(H,17,18). The van der Waals surface area contributed by atoms with Gasteiger partial charge in [-0.05, 0) is 48.4 Å². The van der Waals surface area contributed by atoms with Gasteiger partial charge in [-0.25, -0.2) is 9.18 Å². The highest BCUT2D eigenvalue weighted by atomic mass is 35.5. The first-order chi connectivity index (χ1) is 8.49. The maximum atomic E-state index is 13.7. The number of benzene rings is 2. The van der Waals surface area contributed by atoms with Gasteiger partial charge in [0.15, 0.2) is 0 Å². The third-order valence-corrected chi connectivity index (χ3v) is 2.93. The van der Waals surface area contributed by atoms with Crippen LogP contribution in [0.15, 0.2) is 36.4 Å². The zero-order chi connectivity index (χ0) is 13.3. The molecule has 0 radical (unpaired) electrons. The fourth-order valence-electron chi connectivity index (χ4n) is 1.80. The molecule has 0 heterocycles. The third kappa shape index (κ3) is 2.36. The first-order valence-electron chi connectivity index (χ1n) is 5.28. The van der Waals surface area contributed by atoms with Gasteiger partial charge in [0.2, 0.25) is 0 Å². The van der Waals surface area contributed by atoms with Gasteiger partial charge < -0.3 is 5.11 Å². The summed E-state index contributed by atoms with van der Waals surface area (Å²) in [6, 6.07) is 8.85. The van der Waals surface area contributed by atoms with Crippen molar-refractivity contribution in [2.24, 2.45) is 0 Å². The quantitative estimate of drug-likeness (QED) is 0.885. The average Bonchev–Trinajstić information content (AvgIpc) is 2.32. The van der Waals surface area contributed by atoms with Crippen LogP contribution >= 0.6 is 11.6 Å². The normalized spacial score (nSPS) is 10.4. The molecular formula is C14H10ClFO2. The fourth-order valence-corrected chi connectivity index (χ4v) is 1.97. The first kappa shape index (κ1) is 12.6. The molecule has 4 heteroatoms. The van der Waals surface area contributed by atoms with Gasteiger partial charge in [-0.2, -0.15) is 0 Å². The van der Waals surface area contributed by atoms with Crippen LogP contribution in [0, 0.1) is 12.7 Å². The lowest BCUT2D eigenvalue weighted by atomic mass is 9.98. The molecule has 0 atom stereocenters. The van der Waals surface area contributed by atoms with Crippen LogP contribution in [0.2, 0.25) is 5.02 Å². The Balaban J connectivity index is 2.58. The minimum Gasteiger partial charge on any atom is -0.478 e. The van der Waals surface area contributed by atoms with Crippen LogP contribution in [-0.4, -0.2) is 11.1 Å². The predicted molar refractivity (Wildman–Crippen MR) is 68.5 cm³/mol. The van der Waals surface area contributed by atoms with E-state index in [2.05, 4.69) is 0 Å². The van der Waals surface area contributed by atoms with Crippen molar-refractivity contribution in [3.05, 3.63) is 58.4 Å². The molecule has 2 nitrogen and oxygen atoms in total. The summed E-state index contributed by atoms with van der Waals surface area (Å²) in [6.07, 6.45) is 0. The topological polar surface area (TPSA) is 37.3 Å². The lowest BCUT2D eigenvalue weighted by Gasteiger charge is -2.08. The molecule has 0 fully saturated rings. The monoisotopic (exact) mass is 264 g/mol. The lowest BCUT2D eigenvalue weighted by Crippen LogP contribution is -1.97.